The van der Waals surface area contributed by atoms with Gasteiger partial charge in [-0.05, 0) is 74.1 Å². The maximum absolute atomic E-state index is 13.0. The van der Waals surface area contributed by atoms with Crippen molar-refractivity contribution in [2.45, 2.75) is 43.8 Å². The molecule has 2 aliphatic rings. The fourth-order valence-electron chi connectivity index (χ4n) is 4.49. The quantitative estimate of drug-likeness (QED) is 0.387. The lowest BCUT2D eigenvalue weighted by Gasteiger charge is -2.34. The molecule has 2 amide bonds. The molecule has 0 bridgehead atoms. The number of rotatable bonds is 10. The van der Waals surface area contributed by atoms with Crippen molar-refractivity contribution in [3.8, 4) is 0 Å². The molecule has 38 heavy (non-hydrogen) atoms. The summed E-state index contributed by atoms with van der Waals surface area (Å²) in [5, 5.41) is 2.86. The first-order chi connectivity index (χ1) is 18.0. The van der Waals surface area contributed by atoms with E-state index in [1.807, 2.05) is 17.0 Å². The second-order valence-corrected chi connectivity index (χ2v) is 10.5. The summed E-state index contributed by atoms with van der Waals surface area (Å²) in [6, 6.07) is 14.9. The minimum absolute atomic E-state index is 0. The van der Waals surface area contributed by atoms with Gasteiger partial charge in [-0.15, -0.1) is 24.0 Å². The zero-order valence-electron chi connectivity index (χ0n) is 21.5. The van der Waals surface area contributed by atoms with Gasteiger partial charge in [-0.1, -0.05) is 23.7 Å². The number of hydrogen-bond acceptors (Lipinski definition) is 5. The number of carbonyl (C=O) groups is 2. The Morgan fingerprint density at radius 3 is 2.39 bits per heavy atom. The molecule has 208 valence electrons. The van der Waals surface area contributed by atoms with Crippen LogP contribution < -0.4 is 5.32 Å². The molecule has 2 saturated heterocycles. The molecule has 0 aromatic heterocycles. The number of alkyl halides is 1. The lowest BCUT2D eigenvalue weighted by atomic mass is 10.1. The van der Waals surface area contributed by atoms with Crippen LogP contribution in [0, 0.1) is 0 Å². The van der Waals surface area contributed by atoms with Crippen LogP contribution in [0.1, 0.15) is 41.6 Å². The first-order valence-electron chi connectivity index (χ1n) is 13.0. The minimum Gasteiger partial charge on any atom is -0.353 e. The van der Waals surface area contributed by atoms with Gasteiger partial charge >= 0.3 is 0 Å². The maximum Gasteiger partial charge on any atom is 0.253 e. The molecule has 2 aliphatic heterocycles. The van der Waals surface area contributed by atoms with Crippen molar-refractivity contribution in [1.82, 2.24) is 9.80 Å². The summed E-state index contributed by atoms with van der Waals surface area (Å²) in [4.78, 5) is 29.7. The van der Waals surface area contributed by atoms with E-state index >= 15 is 0 Å². The Kier molecular flexibility index (Phi) is 12.6. The smallest absolute Gasteiger partial charge is 0.253 e. The summed E-state index contributed by atoms with van der Waals surface area (Å²) in [7, 11) is 0. The summed E-state index contributed by atoms with van der Waals surface area (Å²) in [5.41, 5.74) is 2.48. The van der Waals surface area contributed by atoms with Crippen molar-refractivity contribution in [3.05, 3.63) is 64.7 Å². The van der Waals surface area contributed by atoms with Crippen LogP contribution in [-0.4, -0.2) is 79.2 Å². The van der Waals surface area contributed by atoms with Crippen LogP contribution in [0.4, 0.5) is 5.69 Å². The number of nitrogens with zero attached hydrogens (tertiary/aromatic N) is 2. The third kappa shape index (κ3) is 9.40. The summed E-state index contributed by atoms with van der Waals surface area (Å²) in [6.45, 7) is 5.13. The number of halogens is 3. The predicted molar refractivity (Wildman–Crippen MR) is 154 cm³/mol. The zero-order chi connectivity index (χ0) is 26.0. The number of amides is 2. The molecular formula is C28H36Cl3N3O4. The van der Waals surface area contributed by atoms with Crippen LogP contribution >= 0.6 is 35.6 Å². The van der Waals surface area contributed by atoms with Crippen LogP contribution in [0.25, 0.3) is 0 Å². The molecule has 1 N–H and O–H groups in total. The molecule has 0 saturated carbocycles. The molecule has 2 unspecified atom stereocenters. The standard InChI is InChI=1S/C28H35Cl2N3O4.ClH/c29-23-8-4-21(5-9-23)12-14-32-15-17-33(18-16-32)28(35)22-6-10-24(11-7-22)31-27(34)25(30)13-20-37-26-3-1-2-19-36-26;/h4-11,25-26H,1-3,12-20H2,(H,31,34);1H. The fourth-order valence-corrected chi connectivity index (χ4v) is 4.76. The normalized spacial score (nSPS) is 18.9. The summed E-state index contributed by atoms with van der Waals surface area (Å²) in [5.74, 6) is -0.281. The molecule has 4 rings (SSSR count). The van der Waals surface area contributed by atoms with E-state index in [-0.39, 0.29) is 30.5 Å². The van der Waals surface area contributed by atoms with Gasteiger partial charge in [0, 0.05) is 55.6 Å². The average Bonchev–Trinajstić information content (AvgIpc) is 2.93. The highest BCUT2D eigenvalue weighted by atomic mass is 35.5. The highest BCUT2D eigenvalue weighted by molar-refractivity contribution is 6.32. The molecular weight excluding hydrogens is 549 g/mol. The molecule has 0 aliphatic carbocycles. The minimum atomic E-state index is -0.708. The largest absolute Gasteiger partial charge is 0.353 e. The molecule has 2 fully saturated rings. The van der Waals surface area contributed by atoms with Gasteiger partial charge in [0.05, 0.1) is 6.61 Å². The van der Waals surface area contributed by atoms with Crippen LogP contribution in [0.2, 0.25) is 5.02 Å². The zero-order valence-corrected chi connectivity index (χ0v) is 23.8. The molecule has 2 heterocycles. The van der Waals surface area contributed by atoms with Crippen molar-refractivity contribution in [2.75, 3.05) is 51.3 Å². The number of piperazine rings is 1. The van der Waals surface area contributed by atoms with Crippen molar-refractivity contribution in [1.29, 1.82) is 0 Å². The van der Waals surface area contributed by atoms with Crippen LogP contribution in [-0.2, 0) is 20.7 Å². The van der Waals surface area contributed by atoms with Gasteiger partial charge < -0.3 is 19.7 Å². The third-order valence-electron chi connectivity index (χ3n) is 6.79. The SMILES string of the molecule is Cl.O=C(Nc1ccc(C(=O)N2CCN(CCc3ccc(Cl)cc3)CC2)cc1)C(Cl)CCOC1CCCCO1. The van der Waals surface area contributed by atoms with Crippen molar-refractivity contribution in [2.24, 2.45) is 0 Å². The Morgan fingerprint density at radius 2 is 1.74 bits per heavy atom. The topological polar surface area (TPSA) is 71.1 Å². The van der Waals surface area contributed by atoms with Gasteiger partial charge in [-0.2, -0.15) is 0 Å². The summed E-state index contributed by atoms with van der Waals surface area (Å²) in [6.07, 6.45) is 4.20. The fraction of sp³-hybridized carbons (Fsp3) is 0.500. The molecule has 0 radical (unpaired) electrons. The second-order valence-electron chi connectivity index (χ2n) is 9.50. The Balaban J connectivity index is 0.00000400. The number of hydrogen-bond donors (Lipinski definition) is 1. The van der Waals surface area contributed by atoms with Gasteiger partial charge in [-0.25, -0.2) is 0 Å². The summed E-state index contributed by atoms with van der Waals surface area (Å²) < 4.78 is 11.2. The Labute approximate surface area is 241 Å². The van der Waals surface area contributed by atoms with Gasteiger partial charge in [0.15, 0.2) is 6.29 Å². The van der Waals surface area contributed by atoms with Gasteiger partial charge in [0.1, 0.15) is 5.38 Å². The van der Waals surface area contributed by atoms with E-state index in [2.05, 4.69) is 22.3 Å². The number of carbonyl (C=O) groups excluding carboxylic acids is 2. The van der Waals surface area contributed by atoms with Crippen molar-refractivity contribution >= 4 is 53.1 Å². The van der Waals surface area contributed by atoms with Gasteiger partial charge in [0.25, 0.3) is 5.91 Å². The molecule has 0 spiro atoms. The van der Waals surface area contributed by atoms with Crippen molar-refractivity contribution < 1.29 is 19.1 Å². The van der Waals surface area contributed by atoms with E-state index in [9.17, 15) is 9.59 Å². The van der Waals surface area contributed by atoms with E-state index in [1.165, 1.54) is 5.56 Å². The number of anilines is 1. The number of nitrogens with one attached hydrogen (secondary N) is 1. The first kappa shape index (κ1) is 30.7. The Morgan fingerprint density at radius 1 is 1.03 bits per heavy atom. The third-order valence-corrected chi connectivity index (χ3v) is 7.45. The van der Waals surface area contributed by atoms with Crippen molar-refractivity contribution in [3.63, 3.8) is 0 Å². The van der Waals surface area contributed by atoms with Crippen LogP contribution in [0.5, 0.6) is 0 Å². The van der Waals surface area contributed by atoms with Gasteiger partial charge in [-0.3, -0.25) is 14.5 Å². The lowest BCUT2D eigenvalue weighted by molar-refractivity contribution is -0.163. The monoisotopic (exact) mass is 583 g/mol. The average molecular weight is 585 g/mol. The molecule has 7 nitrogen and oxygen atoms in total. The Hall–Kier alpha value is -1.87. The molecule has 2 atom stereocenters. The maximum atomic E-state index is 13.0. The highest BCUT2D eigenvalue weighted by Crippen LogP contribution is 2.17. The van der Waals surface area contributed by atoms with E-state index in [4.69, 9.17) is 32.7 Å². The number of benzene rings is 2. The number of ether oxygens (including phenoxy) is 2. The Bertz CT molecular complexity index is 1010. The van der Waals surface area contributed by atoms with E-state index in [1.54, 1.807) is 24.3 Å². The highest BCUT2D eigenvalue weighted by Gasteiger charge is 2.22. The molecule has 2 aromatic rings. The van der Waals surface area contributed by atoms with E-state index < -0.39 is 5.38 Å². The molecule has 10 heteroatoms. The molecule has 2 aromatic carbocycles. The second kappa shape index (κ2) is 15.7. The van der Waals surface area contributed by atoms with Gasteiger partial charge in [0.2, 0.25) is 5.91 Å². The predicted octanol–water partition coefficient (Wildman–Crippen LogP) is 5.24. The van der Waals surface area contributed by atoms with E-state index in [0.29, 0.717) is 37.4 Å². The lowest BCUT2D eigenvalue weighted by Crippen LogP contribution is -2.49. The first-order valence-corrected chi connectivity index (χ1v) is 13.8. The van der Waals surface area contributed by atoms with Crippen LogP contribution in [0.3, 0.4) is 0 Å². The summed E-state index contributed by atoms with van der Waals surface area (Å²) >= 11 is 12.2. The van der Waals surface area contributed by atoms with E-state index in [0.717, 1.165) is 56.9 Å². The van der Waals surface area contributed by atoms with Crippen LogP contribution in [0.15, 0.2) is 48.5 Å².